The van der Waals surface area contributed by atoms with E-state index in [4.69, 9.17) is 5.11 Å². The molecule has 0 atom stereocenters. The SMILES string of the molecule is O=C(O)c1ccc(N2CCN(C3CNC3)CC2)c(F)c1F. The number of aromatic carboxylic acids is 1. The summed E-state index contributed by atoms with van der Waals surface area (Å²) in [5.41, 5.74) is -0.487. The van der Waals surface area contributed by atoms with Gasteiger partial charge < -0.3 is 15.3 Å². The number of halogens is 2. The maximum atomic E-state index is 14.0. The highest BCUT2D eigenvalue weighted by Gasteiger charge is 2.29. The molecule has 2 N–H and O–H groups in total. The van der Waals surface area contributed by atoms with Gasteiger partial charge in [-0.2, -0.15) is 0 Å². The Morgan fingerprint density at radius 1 is 1.14 bits per heavy atom. The summed E-state index contributed by atoms with van der Waals surface area (Å²) < 4.78 is 27.8. The van der Waals surface area contributed by atoms with Crippen LogP contribution in [0.15, 0.2) is 12.1 Å². The van der Waals surface area contributed by atoms with E-state index in [2.05, 4.69) is 10.2 Å². The monoisotopic (exact) mass is 297 g/mol. The molecule has 0 unspecified atom stereocenters. The van der Waals surface area contributed by atoms with Crippen LogP contribution in [0.1, 0.15) is 10.4 Å². The first-order chi connectivity index (χ1) is 10.1. The fraction of sp³-hybridized carbons (Fsp3) is 0.500. The number of hydrogen-bond acceptors (Lipinski definition) is 4. The molecule has 5 nitrogen and oxygen atoms in total. The predicted molar refractivity (Wildman–Crippen MR) is 73.8 cm³/mol. The fourth-order valence-corrected chi connectivity index (χ4v) is 2.81. The molecule has 114 valence electrons. The molecule has 0 aromatic heterocycles. The lowest BCUT2D eigenvalue weighted by atomic mass is 10.1. The number of nitrogens with zero attached hydrogens (tertiary/aromatic N) is 2. The second-order valence-electron chi connectivity index (χ2n) is 5.40. The van der Waals surface area contributed by atoms with Crippen LogP contribution in [0.5, 0.6) is 0 Å². The van der Waals surface area contributed by atoms with Crippen LogP contribution in [0.25, 0.3) is 0 Å². The van der Waals surface area contributed by atoms with E-state index >= 15 is 0 Å². The first-order valence-corrected chi connectivity index (χ1v) is 6.99. The van der Waals surface area contributed by atoms with E-state index in [1.807, 2.05) is 0 Å². The van der Waals surface area contributed by atoms with E-state index in [0.717, 1.165) is 32.2 Å². The summed E-state index contributed by atoms with van der Waals surface area (Å²) in [5.74, 6) is -3.82. The Morgan fingerprint density at radius 3 is 2.33 bits per heavy atom. The molecular formula is C14H17F2N3O2. The third-order valence-corrected chi connectivity index (χ3v) is 4.22. The molecule has 1 aromatic carbocycles. The van der Waals surface area contributed by atoms with Crippen LogP contribution in [0.4, 0.5) is 14.5 Å². The molecule has 2 fully saturated rings. The van der Waals surface area contributed by atoms with E-state index in [9.17, 15) is 13.6 Å². The van der Waals surface area contributed by atoms with Crippen molar-refractivity contribution in [3.8, 4) is 0 Å². The number of benzene rings is 1. The van der Waals surface area contributed by atoms with Crippen molar-refractivity contribution in [3.05, 3.63) is 29.3 Å². The molecule has 0 radical (unpaired) electrons. The van der Waals surface area contributed by atoms with Crippen LogP contribution in [0.2, 0.25) is 0 Å². The van der Waals surface area contributed by atoms with Crippen molar-refractivity contribution in [1.82, 2.24) is 10.2 Å². The van der Waals surface area contributed by atoms with Crippen molar-refractivity contribution in [1.29, 1.82) is 0 Å². The maximum absolute atomic E-state index is 14.0. The van der Waals surface area contributed by atoms with Gasteiger partial charge in [0.05, 0.1) is 11.3 Å². The van der Waals surface area contributed by atoms with Crippen molar-refractivity contribution in [2.24, 2.45) is 0 Å². The van der Waals surface area contributed by atoms with E-state index in [1.165, 1.54) is 6.07 Å². The van der Waals surface area contributed by atoms with Gasteiger partial charge in [0.2, 0.25) is 0 Å². The number of carboxylic acid groups (broad SMARTS) is 1. The minimum atomic E-state index is -1.46. The molecule has 0 saturated carbocycles. The molecule has 21 heavy (non-hydrogen) atoms. The highest BCUT2D eigenvalue weighted by Crippen LogP contribution is 2.25. The number of nitrogens with one attached hydrogen (secondary N) is 1. The van der Waals surface area contributed by atoms with Crippen LogP contribution in [0, 0.1) is 11.6 Å². The fourth-order valence-electron chi connectivity index (χ4n) is 2.81. The quantitative estimate of drug-likeness (QED) is 0.862. The average Bonchev–Trinajstić information content (AvgIpc) is 2.40. The van der Waals surface area contributed by atoms with Crippen molar-refractivity contribution < 1.29 is 18.7 Å². The molecule has 2 aliphatic heterocycles. The van der Waals surface area contributed by atoms with Crippen LogP contribution < -0.4 is 10.2 Å². The Bertz CT molecular complexity index is 555. The molecule has 0 aliphatic carbocycles. The summed E-state index contributed by atoms with van der Waals surface area (Å²) >= 11 is 0. The molecule has 7 heteroatoms. The Kier molecular flexibility index (Phi) is 3.77. The summed E-state index contributed by atoms with van der Waals surface area (Å²) in [6.07, 6.45) is 0. The van der Waals surface area contributed by atoms with Gasteiger partial charge in [-0.05, 0) is 12.1 Å². The zero-order chi connectivity index (χ0) is 15.0. The minimum Gasteiger partial charge on any atom is -0.478 e. The number of anilines is 1. The molecule has 3 rings (SSSR count). The minimum absolute atomic E-state index is 0.142. The van der Waals surface area contributed by atoms with Gasteiger partial charge in [0, 0.05) is 45.3 Å². The van der Waals surface area contributed by atoms with Crippen molar-refractivity contribution in [2.45, 2.75) is 6.04 Å². The van der Waals surface area contributed by atoms with Crippen LogP contribution >= 0.6 is 0 Å². The molecular weight excluding hydrogens is 280 g/mol. The first kappa shape index (κ1) is 14.2. The summed E-state index contributed by atoms with van der Waals surface area (Å²) in [4.78, 5) is 14.9. The first-order valence-electron chi connectivity index (χ1n) is 6.99. The summed E-state index contributed by atoms with van der Waals surface area (Å²) in [6.45, 7) is 4.79. The summed E-state index contributed by atoms with van der Waals surface area (Å²) in [5, 5.41) is 12.0. The van der Waals surface area contributed by atoms with Gasteiger partial charge in [0.25, 0.3) is 0 Å². The smallest absolute Gasteiger partial charge is 0.338 e. The van der Waals surface area contributed by atoms with Crippen LogP contribution in [0.3, 0.4) is 0 Å². The highest BCUT2D eigenvalue weighted by atomic mass is 19.2. The Hall–Kier alpha value is -1.73. The molecule has 0 bridgehead atoms. The van der Waals surface area contributed by atoms with Crippen LogP contribution in [-0.2, 0) is 0 Å². The van der Waals surface area contributed by atoms with Crippen LogP contribution in [-0.4, -0.2) is 61.3 Å². The topological polar surface area (TPSA) is 55.8 Å². The average molecular weight is 297 g/mol. The standard InChI is InChI=1S/C14H17F2N3O2/c15-12-10(14(20)21)1-2-11(13(12)16)19-5-3-18(4-6-19)9-7-17-8-9/h1-2,9,17H,3-8H2,(H,20,21). The van der Waals surface area contributed by atoms with Gasteiger partial charge in [-0.15, -0.1) is 0 Å². The molecule has 0 spiro atoms. The maximum Gasteiger partial charge on any atom is 0.338 e. The van der Waals surface area contributed by atoms with Crippen molar-refractivity contribution in [3.63, 3.8) is 0 Å². The second kappa shape index (κ2) is 5.57. The lowest BCUT2D eigenvalue weighted by molar-refractivity contribution is 0.0690. The normalized spacial score (nSPS) is 20.4. The van der Waals surface area contributed by atoms with E-state index in [-0.39, 0.29) is 5.69 Å². The molecule has 2 heterocycles. The van der Waals surface area contributed by atoms with Gasteiger partial charge in [-0.1, -0.05) is 0 Å². The summed E-state index contributed by atoms with van der Waals surface area (Å²) in [6, 6.07) is 3.02. The van der Waals surface area contributed by atoms with Gasteiger partial charge in [0.15, 0.2) is 11.6 Å². The lowest BCUT2D eigenvalue weighted by Gasteiger charge is -2.43. The van der Waals surface area contributed by atoms with Gasteiger partial charge in [-0.3, -0.25) is 4.90 Å². The van der Waals surface area contributed by atoms with Crippen molar-refractivity contribution >= 4 is 11.7 Å². The summed E-state index contributed by atoms with van der Waals surface area (Å²) in [7, 11) is 0. The predicted octanol–water partition coefficient (Wildman–Crippen LogP) is 0.757. The molecule has 2 aliphatic rings. The number of carbonyl (C=O) groups is 1. The zero-order valence-corrected chi connectivity index (χ0v) is 11.5. The van der Waals surface area contributed by atoms with E-state index in [1.54, 1.807) is 4.90 Å². The molecule has 2 saturated heterocycles. The number of rotatable bonds is 3. The van der Waals surface area contributed by atoms with Gasteiger partial charge >= 0.3 is 5.97 Å². The van der Waals surface area contributed by atoms with Crippen molar-refractivity contribution in [2.75, 3.05) is 44.2 Å². The Balaban J connectivity index is 1.73. The largest absolute Gasteiger partial charge is 0.478 e. The lowest BCUT2D eigenvalue weighted by Crippen LogP contribution is -2.61. The van der Waals surface area contributed by atoms with E-state index in [0.29, 0.717) is 19.1 Å². The zero-order valence-electron chi connectivity index (χ0n) is 11.5. The number of carboxylic acids is 1. The highest BCUT2D eigenvalue weighted by molar-refractivity contribution is 5.88. The Labute approximate surface area is 121 Å². The van der Waals surface area contributed by atoms with E-state index < -0.39 is 23.2 Å². The van der Waals surface area contributed by atoms with Gasteiger partial charge in [0.1, 0.15) is 0 Å². The third kappa shape index (κ3) is 2.58. The van der Waals surface area contributed by atoms with Gasteiger partial charge in [-0.25, -0.2) is 13.6 Å². The third-order valence-electron chi connectivity index (χ3n) is 4.22. The Morgan fingerprint density at radius 2 is 1.81 bits per heavy atom. The second-order valence-corrected chi connectivity index (χ2v) is 5.40. The molecule has 1 aromatic rings. The number of piperazine rings is 1. The molecule has 0 amide bonds. The number of hydrogen-bond donors (Lipinski definition) is 2.